The van der Waals surface area contributed by atoms with Crippen molar-refractivity contribution < 1.29 is 9.59 Å². The van der Waals surface area contributed by atoms with Crippen LogP contribution < -0.4 is 5.32 Å². The lowest BCUT2D eigenvalue weighted by Gasteiger charge is -2.17. The molecule has 0 bridgehead atoms. The Bertz CT molecular complexity index is 301. The van der Waals surface area contributed by atoms with Gasteiger partial charge in [-0.3, -0.25) is 14.5 Å². The number of hydrogen-bond donors (Lipinski definition) is 1. The van der Waals surface area contributed by atoms with Gasteiger partial charge in [0.15, 0.2) is 0 Å². The van der Waals surface area contributed by atoms with Gasteiger partial charge in [-0.05, 0) is 12.8 Å². The Morgan fingerprint density at radius 1 is 1.53 bits per heavy atom. The summed E-state index contributed by atoms with van der Waals surface area (Å²) >= 11 is 6.43. The third-order valence-electron chi connectivity index (χ3n) is 2.83. The number of nitrogens with one attached hydrogen (secondary N) is 1. The zero-order chi connectivity index (χ0) is 12.8. The minimum atomic E-state index is 0.0387. The molecule has 0 radical (unpaired) electrons. The lowest BCUT2D eigenvalue weighted by molar-refractivity contribution is -0.126. The molecule has 1 aliphatic heterocycles. The Hall–Kier alpha value is -0.620. The van der Waals surface area contributed by atoms with E-state index in [2.05, 4.69) is 5.32 Å². The number of thiocarbonyl (C=S) groups is 1. The van der Waals surface area contributed by atoms with Crippen LogP contribution in [-0.2, 0) is 9.59 Å². The van der Waals surface area contributed by atoms with E-state index < -0.39 is 0 Å². The second kappa shape index (κ2) is 6.96. The number of carbonyl (C=O) groups excluding carboxylic acids is 2. The SMILES string of the molecule is CCC(CC)C(=O)NCCN1C(=O)CSC1=S. The Labute approximate surface area is 111 Å². The topological polar surface area (TPSA) is 49.4 Å². The molecule has 0 spiro atoms. The van der Waals surface area contributed by atoms with Gasteiger partial charge in [-0.15, -0.1) is 0 Å². The molecular weight excluding hydrogens is 256 g/mol. The number of thioether (sulfide) groups is 1. The van der Waals surface area contributed by atoms with E-state index in [-0.39, 0.29) is 17.7 Å². The predicted molar refractivity (Wildman–Crippen MR) is 73.9 cm³/mol. The molecule has 6 heteroatoms. The summed E-state index contributed by atoms with van der Waals surface area (Å²) in [6.45, 7) is 4.96. The van der Waals surface area contributed by atoms with Gasteiger partial charge >= 0.3 is 0 Å². The average Bonchev–Trinajstić information content (AvgIpc) is 2.62. The standard InChI is InChI=1S/C11H18N2O2S2/c1-3-8(4-2)10(15)12-5-6-13-9(14)7-17-11(13)16/h8H,3-7H2,1-2H3,(H,12,15). The summed E-state index contributed by atoms with van der Waals surface area (Å²) in [5.41, 5.74) is 0. The van der Waals surface area contributed by atoms with Crippen LogP contribution in [0.15, 0.2) is 0 Å². The van der Waals surface area contributed by atoms with E-state index in [9.17, 15) is 9.59 Å². The molecule has 96 valence electrons. The van der Waals surface area contributed by atoms with Crippen molar-refractivity contribution in [2.45, 2.75) is 26.7 Å². The van der Waals surface area contributed by atoms with Crippen LogP contribution in [0.5, 0.6) is 0 Å². The molecule has 4 nitrogen and oxygen atoms in total. The fourth-order valence-corrected chi connectivity index (χ4v) is 2.81. The van der Waals surface area contributed by atoms with E-state index in [0.29, 0.717) is 23.2 Å². The first-order valence-electron chi connectivity index (χ1n) is 5.85. The van der Waals surface area contributed by atoms with Gasteiger partial charge in [0.25, 0.3) is 0 Å². The fourth-order valence-electron chi connectivity index (χ4n) is 1.69. The Morgan fingerprint density at radius 2 is 2.18 bits per heavy atom. The zero-order valence-corrected chi connectivity index (χ0v) is 11.8. The maximum absolute atomic E-state index is 11.7. The quantitative estimate of drug-likeness (QED) is 0.744. The minimum absolute atomic E-state index is 0.0387. The maximum atomic E-state index is 11.7. The van der Waals surface area contributed by atoms with Gasteiger partial charge in [-0.25, -0.2) is 0 Å². The van der Waals surface area contributed by atoms with E-state index in [4.69, 9.17) is 12.2 Å². The van der Waals surface area contributed by atoms with E-state index in [0.717, 1.165) is 12.8 Å². The molecule has 0 aromatic heterocycles. The van der Waals surface area contributed by atoms with Crippen molar-refractivity contribution in [2.24, 2.45) is 5.92 Å². The Balaban J connectivity index is 2.30. The van der Waals surface area contributed by atoms with Crippen molar-refractivity contribution in [1.29, 1.82) is 0 Å². The number of rotatable bonds is 6. The van der Waals surface area contributed by atoms with E-state index >= 15 is 0 Å². The van der Waals surface area contributed by atoms with Crippen molar-refractivity contribution in [3.8, 4) is 0 Å². The summed E-state index contributed by atoms with van der Waals surface area (Å²) in [6, 6.07) is 0. The lowest BCUT2D eigenvalue weighted by Crippen LogP contribution is -2.39. The summed E-state index contributed by atoms with van der Waals surface area (Å²) in [4.78, 5) is 24.7. The summed E-state index contributed by atoms with van der Waals surface area (Å²) in [5.74, 6) is 0.613. The average molecular weight is 274 g/mol. The normalized spacial score (nSPS) is 15.8. The largest absolute Gasteiger partial charge is 0.354 e. The number of hydrogen-bond acceptors (Lipinski definition) is 4. The Kier molecular flexibility index (Phi) is 5.91. The van der Waals surface area contributed by atoms with Gasteiger partial charge in [0.05, 0.1) is 5.75 Å². The van der Waals surface area contributed by atoms with Crippen LogP contribution in [0.1, 0.15) is 26.7 Å². The summed E-state index contributed by atoms with van der Waals surface area (Å²) < 4.78 is 0.617. The van der Waals surface area contributed by atoms with Crippen LogP contribution in [0.2, 0.25) is 0 Å². The highest BCUT2D eigenvalue weighted by Gasteiger charge is 2.26. The van der Waals surface area contributed by atoms with Gasteiger partial charge in [-0.2, -0.15) is 0 Å². The summed E-state index contributed by atoms with van der Waals surface area (Å²) in [6.07, 6.45) is 1.69. The molecule has 1 heterocycles. The smallest absolute Gasteiger partial charge is 0.238 e. The minimum Gasteiger partial charge on any atom is -0.354 e. The first kappa shape index (κ1) is 14.4. The molecule has 1 rings (SSSR count). The molecule has 2 amide bonds. The number of amides is 2. The third-order valence-corrected chi connectivity index (χ3v) is 4.26. The molecule has 1 N–H and O–H groups in total. The molecular formula is C11H18N2O2S2. The molecule has 1 aliphatic rings. The molecule has 0 saturated carbocycles. The zero-order valence-electron chi connectivity index (χ0n) is 10.2. The lowest BCUT2D eigenvalue weighted by atomic mass is 10.0. The molecule has 1 fully saturated rings. The van der Waals surface area contributed by atoms with Gasteiger partial charge in [0.2, 0.25) is 11.8 Å². The second-order valence-electron chi connectivity index (χ2n) is 3.90. The molecule has 0 aromatic rings. The number of carbonyl (C=O) groups is 2. The van der Waals surface area contributed by atoms with Crippen molar-refractivity contribution in [1.82, 2.24) is 10.2 Å². The predicted octanol–water partition coefficient (Wildman–Crippen LogP) is 1.40. The monoisotopic (exact) mass is 274 g/mol. The first-order chi connectivity index (χ1) is 8.10. The highest BCUT2D eigenvalue weighted by Crippen LogP contribution is 2.18. The molecule has 0 aliphatic carbocycles. The van der Waals surface area contributed by atoms with Crippen molar-refractivity contribution in [3.63, 3.8) is 0 Å². The van der Waals surface area contributed by atoms with Crippen LogP contribution in [0.25, 0.3) is 0 Å². The van der Waals surface area contributed by atoms with E-state index in [1.54, 1.807) is 4.90 Å². The highest BCUT2D eigenvalue weighted by molar-refractivity contribution is 8.23. The van der Waals surface area contributed by atoms with Crippen LogP contribution in [0.4, 0.5) is 0 Å². The maximum Gasteiger partial charge on any atom is 0.238 e. The summed E-state index contributed by atoms with van der Waals surface area (Å²) in [7, 11) is 0. The summed E-state index contributed by atoms with van der Waals surface area (Å²) in [5, 5.41) is 2.85. The molecule has 17 heavy (non-hydrogen) atoms. The van der Waals surface area contributed by atoms with Gasteiger partial charge < -0.3 is 5.32 Å². The molecule has 0 unspecified atom stereocenters. The molecule has 1 saturated heterocycles. The van der Waals surface area contributed by atoms with E-state index in [1.165, 1.54) is 11.8 Å². The van der Waals surface area contributed by atoms with Gasteiger partial charge in [-0.1, -0.05) is 37.8 Å². The second-order valence-corrected chi connectivity index (χ2v) is 5.51. The third kappa shape index (κ3) is 3.96. The Morgan fingerprint density at radius 3 is 2.65 bits per heavy atom. The van der Waals surface area contributed by atoms with Gasteiger partial charge in [0.1, 0.15) is 4.32 Å². The first-order valence-corrected chi connectivity index (χ1v) is 7.24. The molecule has 0 atom stereocenters. The molecule has 0 aromatic carbocycles. The van der Waals surface area contributed by atoms with Crippen molar-refractivity contribution in [2.75, 3.05) is 18.8 Å². The van der Waals surface area contributed by atoms with Crippen LogP contribution in [0, 0.1) is 5.92 Å². The van der Waals surface area contributed by atoms with E-state index in [1.807, 2.05) is 13.8 Å². The highest BCUT2D eigenvalue weighted by atomic mass is 32.2. The number of nitrogens with zero attached hydrogens (tertiary/aromatic N) is 1. The fraction of sp³-hybridized carbons (Fsp3) is 0.727. The van der Waals surface area contributed by atoms with Crippen LogP contribution >= 0.6 is 24.0 Å². The van der Waals surface area contributed by atoms with Crippen LogP contribution in [-0.4, -0.2) is 39.9 Å². The van der Waals surface area contributed by atoms with Gasteiger partial charge in [0, 0.05) is 19.0 Å². The van der Waals surface area contributed by atoms with Crippen LogP contribution in [0.3, 0.4) is 0 Å². The van der Waals surface area contributed by atoms with Crippen molar-refractivity contribution >= 4 is 40.1 Å². The van der Waals surface area contributed by atoms with Crippen molar-refractivity contribution in [3.05, 3.63) is 0 Å².